The van der Waals surface area contributed by atoms with Gasteiger partial charge in [-0.15, -0.1) is 0 Å². The van der Waals surface area contributed by atoms with Crippen LogP contribution in [-0.4, -0.2) is 35.9 Å². The number of carbonyl (C=O) groups is 2. The van der Waals surface area contributed by atoms with E-state index in [1.807, 2.05) is 37.3 Å². The van der Waals surface area contributed by atoms with Crippen molar-refractivity contribution in [3.63, 3.8) is 0 Å². The molecule has 1 saturated carbocycles. The zero-order valence-electron chi connectivity index (χ0n) is 18.6. The minimum Gasteiger partial charge on any atom is -0.497 e. The number of carbonyl (C=O) groups excluding carboxylic acids is 2. The normalized spacial score (nSPS) is 14.8. The topological polar surface area (TPSA) is 58.6 Å². The van der Waals surface area contributed by atoms with E-state index in [1.54, 1.807) is 24.1 Å². The predicted octanol–water partition coefficient (Wildman–Crippen LogP) is 5.41. The maximum absolute atomic E-state index is 13.4. The summed E-state index contributed by atoms with van der Waals surface area (Å²) >= 11 is 12.3. The van der Waals surface area contributed by atoms with Crippen molar-refractivity contribution in [2.24, 2.45) is 0 Å². The van der Waals surface area contributed by atoms with Gasteiger partial charge in [-0.1, -0.05) is 61.2 Å². The lowest BCUT2D eigenvalue weighted by Gasteiger charge is -2.31. The van der Waals surface area contributed by atoms with Crippen LogP contribution in [0, 0.1) is 0 Å². The number of methoxy groups -OCH3 is 1. The van der Waals surface area contributed by atoms with Crippen molar-refractivity contribution in [1.82, 2.24) is 10.2 Å². The molecule has 1 unspecified atom stereocenters. The Labute approximate surface area is 200 Å². The molecule has 32 heavy (non-hydrogen) atoms. The lowest BCUT2D eigenvalue weighted by molar-refractivity contribution is -0.141. The van der Waals surface area contributed by atoms with Crippen molar-refractivity contribution < 1.29 is 14.3 Å². The van der Waals surface area contributed by atoms with Crippen molar-refractivity contribution in [1.29, 1.82) is 0 Å². The van der Waals surface area contributed by atoms with Crippen LogP contribution in [0.25, 0.3) is 0 Å². The summed E-state index contributed by atoms with van der Waals surface area (Å²) in [5, 5.41) is 4.04. The van der Waals surface area contributed by atoms with E-state index in [4.69, 9.17) is 27.9 Å². The summed E-state index contributed by atoms with van der Waals surface area (Å²) < 4.78 is 5.20. The van der Waals surface area contributed by atoms with Gasteiger partial charge >= 0.3 is 0 Å². The zero-order chi connectivity index (χ0) is 23.1. The van der Waals surface area contributed by atoms with E-state index in [-0.39, 0.29) is 30.8 Å². The SMILES string of the molecule is CCC(C(=O)NC1CCCC1)N(Cc1ccc(Cl)c(Cl)c1)C(=O)Cc1ccc(OC)cc1. The summed E-state index contributed by atoms with van der Waals surface area (Å²) in [7, 11) is 1.61. The molecular formula is C25H30Cl2N2O3. The minimum atomic E-state index is -0.559. The van der Waals surface area contributed by atoms with Crippen molar-refractivity contribution in [3.05, 3.63) is 63.6 Å². The fourth-order valence-corrected chi connectivity index (χ4v) is 4.46. The highest BCUT2D eigenvalue weighted by molar-refractivity contribution is 6.42. The highest BCUT2D eigenvalue weighted by atomic mass is 35.5. The largest absolute Gasteiger partial charge is 0.497 e. The molecule has 0 saturated heterocycles. The van der Waals surface area contributed by atoms with Gasteiger partial charge in [-0.2, -0.15) is 0 Å². The Hall–Kier alpha value is -2.24. The van der Waals surface area contributed by atoms with Crippen LogP contribution in [-0.2, 0) is 22.6 Å². The summed E-state index contributed by atoms with van der Waals surface area (Å²) in [6, 6.07) is 12.3. The summed E-state index contributed by atoms with van der Waals surface area (Å²) in [6.45, 7) is 2.21. The molecule has 5 nitrogen and oxygen atoms in total. The monoisotopic (exact) mass is 476 g/mol. The minimum absolute atomic E-state index is 0.0949. The van der Waals surface area contributed by atoms with E-state index in [2.05, 4.69) is 5.32 Å². The molecule has 1 aliphatic carbocycles. The molecule has 1 fully saturated rings. The molecule has 0 radical (unpaired) electrons. The van der Waals surface area contributed by atoms with Gasteiger partial charge in [0.15, 0.2) is 0 Å². The maximum Gasteiger partial charge on any atom is 0.243 e. The first kappa shape index (κ1) is 24.4. The molecule has 2 amide bonds. The molecule has 7 heteroatoms. The summed E-state index contributed by atoms with van der Waals surface area (Å²) in [4.78, 5) is 28.2. The Bertz CT molecular complexity index is 927. The van der Waals surface area contributed by atoms with Crippen LogP contribution in [0.4, 0.5) is 0 Å². The molecule has 1 N–H and O–H groups in total. The van der Waals surface area contributed by atoms with Gasteiger partial charge in [0.2, 0.25) is 11.8 Å². The van der Waals surface area contributed by atoms with Gasteiger partial charge in [0.05, 0.1) is 23.6 Å². The van der Waals surface area contributed by atoms with Crippen LogP contribution in [0.15, 0.2) is 42.5 Å². The number of hydrogen-bond acceptors (Lipinski definition) is 3. The molecule has 0 aliphatic heterocycles. The molecule has 172 valence electrons. The Morgan fingerprint density at radius 2 is 1.72 bits per heavy atom. The van der Waals surface area contributed by atoms with Crippen LogP contribution in [0.2, 0.25) is 10.0 Å². The third-order valence-corrected chi connectivity index (χ3v) is 6.68. The maximum atomic E-state index is 13.4. The summed E-state index contributed by atoms with van der Waals surface area (Å²) in [5.74, 6) is 0.522. The number of amides is 2. The quantitative estimate of drug-likeness (QED) is 0.526. The number of halogens is 2. The highest BCUT2D eigenvalue weighted by Gasteiger charge is 2.30. The van der Waals surface area contributed by atoms with Crippen LogP contribution in [0.3, 0.4) is 0 Å². The van der Waals surface area contributed by atoms with Gasteiger partial charge in [0.25, 0.3) is 0 Å². The second-order valence-corrected chi connectivity index (χ2v) is 9.02. The fourth-order valence-electron chi connectivity index (χ4n) is 4.14. The van der Waals surface area contributed by atoms with E-state index in [0.717, 1.165) is 42.6 Å². The molecule has 0 aromatic heterocycles. The van der Waals surface area contributed by atoms with Crippen molar-refractivity contribution in [2.45, 2.75) is 64.1 Å². The smallest absolute Gasteiger partial charge is 0.243 e. The average molecular weight is 477 g/mol. The standard InChI is InChI=1S/C25H30Cl2N2O3/c1-3-23(25(31)28-19-6-4-5-7-19)29(16-18-10-13-21(26)22(27)14-18)24(30)15-17-8-11-20(32-2)12-9-17/h8-14,19,23H,3-7,15-16H2,1-2H3,(H,28,31). The van der Waals surface area contributed by atoms with E-state index >= 15 is 0 Å². The molecule has 2 aromatic carbocycles. The molecule has 0 heterocycles. The van der Waals surface area contributed by atoms with Crippen molar-refractivity contribution in [3.8, 4) is 5.75 Å². The first-order valence-corrected chi connectivity index (χ1v) is 11.8. The second kappa shape index (κ2) is 11.6. The van der Waals surface area contributed by atoms with Crippen LogP contribution in [0.1, 0.15) is 50.2 Å². The highest BCUT2D eigenvalue weighted by Crippen LogP contribution is 2.25. The Kier molecular flexibility index (Phi) is 8.83. The molecule has 3 rings (SSSR count). The number of ether oxygens (including phenoxy) is 1. The number of benzene rings is 2. The number of nitrogens with zero attached hydrogens (tertiary/aromatic N) is 1. The Morgan fingerprint density at radius 1 is 1.06 bits per heavy atom. The molecule has 0 bridgehead atoms. The summed E-state index contributed by atoms with van der Waals surface area (Å²) in [6.07, 6.45) is 4.96. The lowest BCUT2D eigenvalue weighted by Crippen LogP contribution is -2.51. The van der Waals surface area contributed by atoms with Crippen molar-refractivity contribution >= 4 is 35.0 Å². The second-order valence-electron chi connectivity index (χ2n) is 8.21. The Balaban J connectivity index is 1.82. The van der Waals surface area contributed by atoms with Gasteiger partial charge in [0.1, 0.15) is 11.8 Å². The molecule has 0 spiro atoms. The van der Waals surface area contributed by atoms with E-state index < -0.39 is 6.04 Å². The van der Waals surface area contributed by atoms with Gasteiger partial charge in [-0.25, -0.2) is 0 Å². The van der Waals surface area contributed by atoms with Crippen LogP contribution >= 0.6 is 23.2 Å². The lowest BCUT2D eigenvalue weighted by atomic mass is 10.1. The van der Waals surface area contributed by atoms with E-state index in [1.165, 1.54) is 0 Å². The average Bonchev–Trinajstić information content (AvgIpc) is 3.29. The Morgan fingerprint density at radius 3 is 2.31 bits per heavy atom. The van der Waals surface area contributed by atoms with E-state index in [9.17, 15) is 9.59 Å². The molecule has 2 aromatic rings. The first-order valence-electron chi connectivity index (χ1n) is 11.1. The zero-order valence-corrected chi connectivity index (χ0v) is 20.1. The van der Waals surface area contributed by atoms with Gasteiger partial charge in [-0.3, -0.25) is 9.59 Å². The number of hydrogen-bond donors (Lipinski definition) is 1. The van der Waals surface area contributed by atoms with Crippen LogP contribution < -0.4 is 10.1 Å². The van der Waals surface area contributed by atoms with E-state index in [0.29, 0.717) is 16.5 Å². The summed E-state index contributed by atoms with van der Waals surface area (Å²) in [5.41, 5.74) is 1.69. The molecular weight excluding hydrogens is 447 g/mol. The first-order chi connectivity index (χ1) is 15.4. The molecule has 1 aliphatic rings. The predicted molar refractivity (Wildman–Crippen MR) is 128 cm³/mol. The third-order valence-electron chi connectivity index (χ3n) is 5.94. The van der Waals surface area contributed by atoms with Gasteiger partial charge in [-0.05, 0) is 54.7 Å². The number of rotatable bonds is 9. The van der Waals surface area contributed by atoms with Crippen molar-refractivity contribution in [2.75, 3.05) is 7.11 Å². The van der Waals surface area contributed by atoms with Crippen LogP contribution in [0.5, 0.6) is 5.75 Å². The third kappa shape index (κ3) is 6.39. The van der Waals surface area contributed by atoms with Gasteiger partial charge in [0, 0.05) is 12.6 Å². The van der Waals surface area contributed by atoms with Gasteiger partial charge < -0.3 is 15.0 Å². The molecule has 1 atom stereocenters. The fraction of sp³-hybridized carbons (Fsp3) is 0.440. The number of nitrogens with one attached hydrogen (secondary N) is 1.